The summed E-state index contributed by atoms with van der Waals surface area (Å²) >= 11 is 0. The summed E-state index contributed by atoms with van der Waals surface area (Å²) in [5.74, 6) is 0.0207. The highest BCUT2D eigenvalue weighted by Gasteiger charge is 2.22. The van der Waals surface area contributed by atoms with Crippen LogP contribution in [0.1, 0.15) is 28.1 Å². The van der Waals surface area contributed by atoms with Crippen molar-refractivity contribution in [1.29, 1.82) is 0 Å². The Kier molecular flexibility index (Phi) is 5.87. The number of fused-ring (bicyclic) bond motifs is 3. The lowest BCUT2D eigenvalue weighted by Crippen LogP contribution is -2.19. The summed E-state index contributed by atoms with van der Waals surface area (Å²) in [4.78, 5) is 22.4. The van der Waals surface area contributed by atoms with Gasteiger partial charge in [-0.1, -0.05) is 48.5 Å². The number of hydrogen-bond acceptors (Lipinski definition) is 4. The molecule has 5 nitrogen and oxygen atoms in total. The minimum atomic E-state index is -0.341. The molecule has 0 bridgehead atoms. The first-order chi connectivity index (χ1) is 16.5. The average molecular weight is 452 g/mol. The van der Waals surface area contributed by atoms with Crippen LogP contribution in [-0.4, -0.2) is 21.0 Å². The molecule has 0 aliphatic heterocycles. The predicted octanol–water partition coefficient (Wildman–Crippen LogP) is 5.44. The molecule has 3 aromatic carbocycles. The topological polar surface area (TPSA) is 75.1 Å². The molecule has 1 aromatic heterocycles. The Morgan fingerprint density at radius 1 is 0.971 bits per heavy atom. The highest BCUT2D eigenvalue weighted by molar-refractivity contribution is 5.93. The molecule has 6 heteroatoms. The molecule has 1 heterocycles. The number of anilines is 1. The smallest absolute Gasteiger partial charge is 0.230 e. The Morgan fingerprint density at radius 3 is 2.56 bits per heavy atom. The highest BCUT2D eigenvalue weighted by atomic mass is 19.1. The number of nitrogens with zero attached hydrogens (tertiary/aromatic N) is 2. The Balaban J connectivity index is 1.50. The van der Waals surface area contributed by atoms with E-state index in [0.717, 1.165) is 34.5 Å². The lowest BCUT2D eigenvalue weighted by molar-refractivity contribution is -0.115. The molecule has 0 saturated carbocycles. The van der Waals surface area contributed by atoms with E-state index >= 15 is 0 Å². The number of aromatic nitrogens is 2. The number of nitrogens with one attached hydrogen (secondary N) is 1. The number of rotatable bonds is 5. The number of aromatic hydroxyl groups is 1. The first-order valence-corrected chi connectivity index (χ1v) is 11.1. The van der Waals surface area contributed by atoms with E-state index in [0.29, 0.717) is 23.5 Å². The molecule has 1 aliphatic carbocycles. The van der Waals surface area contributed by atoms with Crippen LogP contribution in [0.15, 0.2) is 72.8 Å². The molecule has 0 unspecified atom stereocenters. The van der Waals surface area contributed by atoms with E-state index in [4.69, 9.17) is 9.97 Å². The second-order valence-electron chi connectivity index (χ2n) is 8.19. The van der Waals surface area contributed by atoms with Crippen molar-refractivity contribution in [3.05, 3.63) is 107 Å². The fraction of sp³-hybridized carbons (Fsp3) is 0.107. The lowest BCUT2D eigenvalue weighted by Gasteiger charge is -2.20. The van der Waals surface area contributed by atoms with Gasteiger partial charge in [0.25, 0.3) is 0 Å². The third-order valence-electron chi connectivity index (χ3n) is 5.74. The summed E-state index contributed by atoms with van der Waals surface area (Å²) < 4.78 is 13.2. The van der Waals surface area contributed by atoms with Crippen LogP contribution < -0.4 is 5.32 Å². The van der Waals surface area contributed by atoms with Gasteiger partial charge in [-0.25, -0.2) is 14.4 Å². The quantitative estimate of drug-likeness (QED) is 0.424. The molecular formula is C28H22FN3O2. The fourth-order valence-electron chi connectivity index (χ4n) is 4.06. The molecule has 168 valence electrons. The van der Waals surface area contributed by atoms with Crippen molar-refractivity contribution in [2.45, 2.75) is 19.3 Å². The number of amides is 1. The van der Waals surface area contributed by atoms with Gasteiger partial charge in [0, 0.05) is 5.56 Å². The Hall–Kier alpha value is -4.32. The predicted molar refractivity (Wildman–Crippen MR) is 131 cm³/mol. The van der Waals surface area contributed by atoms with E-state index in [1.54, 1.807) is 24.3 Å². The van der Waals surface area contributed by atoms with E-state index in [2.05, 4.69) is 5.32 Å². The molecule has 34 heavy (non-hydrogen) atoms. The molecule has 2 N–H and O–H groups in total. The number of carbonyl (C=O) groups is 1. The van der Waals surface area contributed by atoms with Gasteiger partial charge in [0.15, 0.2) is 5.82 Å². The third kappa shape index (κ3) is 4.71. The van der Waals surface area contributed by atoms with Gasteiger partial charge in [-0.2, -0.15) is 0 Å². The zero-order chi connectivity index (χ0) is 23.5. The van der Waals surface area contributed by atoms with Crippen molar-refractivity contribution in [2.24, 2.45) is 0 Å². The van der Waals surface area contributed by atoms with Crippen LogP contribution >= 0.6 is 0 Å². The van der Waals surface area contributed by atoms with Gasteiger partial charge >= 0.3 is 0 Å². The first-order valence-electron chi connectivity index (χ1n) is 11.1. The second-order valence-corrected chi connectivity index (χ2v) is 8.19. The number of halogens is 1. The van der Waals surface area contributed by atoms with Crippen LogP contribution in [0.2, 0.25) is 0 Å². The molecule has 0 fully saturated rings. The van der Waals surface area contributed by atoms with E-state index in [1.165, 1.54) is 12.1 Å². The molecule has 1 amide bonds. The third-order valence-corrected chi connectivity index (χ3v) is 5.74. The highest BCUT2D eigenvalue weighted by Crippen LogP contribution is 2.34. The van der Waals surface area contributed by atoms with Gasteiger partial charge in [0.1, 0.15) is 17.3 Å². The van der Waals surface area contributed by atoms with Crippen LogP contribution in [0.3, 0.4) is 0 Å². The minimum Gasteiger partial charge on any atom is -0.508 e. The molecule has 5 rings (SSSR count). The molecule has 0 saturated heterocycles. The van der Waals surface area contributed by atoms with Gasteiger partial charge in [0.05, 0.1) is 17.8 Å². The van der Waals surface area contributed by atoms with Gasteiger partial charge in [-0.05, 0) is 65.9 Å². The normalized spacial score (nSPS) is 12.3. The van der Waals surface area contributed by atoms with Crippen LogP contribution in [0, 0.1) is 5.82 Å². The van der Waals surface area contributed by atoms with Crippen molar-refractivity contribution in [3.8, 4) is 17.0 Å². The van der Waals surface area contributed by atoms with Crippen molar-refractivity contribution in [2.75, 3.05) is 5.32 Å². The summed E-state index contributed by atoms with van der Waals surface area (Å²) in [5.41, 5.74) is 5.75. The molecule has 1 aliphatic rings. The van der Waals surface area contributed by atoms with Gasteiger partial charge in [0.2, 0.25) is 5.91 Å². The maximum atomic E-state index is 13.2. The number of phenols is 1. The molecule has 0 atom stereocenters. The van der Waals surface area contributed by atoms with Gasteiger partial charge < -0.3 is 10.4 Å². The van der Waals surface area contributed by atoms with Crippen LogP contribution in [0.5, 0.6) is 5.75 Å². The second kappa shape index (κ2) is 9.27. The maximum Gasteiger partial charge on any atom is 0.230 e. The SMILES string of the molecule is O=C(Cc1ccc(F)cc1)Nc1nc2c(nc1/C=C/c1ccccc1)-c1ccc(O)cc1CC2. The summed E-state index contributed by atoms with van der Waals surface area (Å²) in [7, 11) is 0. The van der Waals surface area contributed by atoms with E-state index < -0.39 is 0 Å². The van der Waals surface area contributed by atoms with E-state index in [9.17, 15) is 14.3 Å². The average Bonchev–Trinajstić information content (AvgIpc) is 2.84. The first kappa shape index (κ1) is 21.5. The number of phenolic OH excluding ortho intramolecular Hbond substituents is 1. The van der Waals surface area contributed by atoms with Crippen molar-refractivity contribution in [3.63, 3.8) is 0 Å². The van der Waals surface area contributed by atoms with Gasteiger partial charge in [-0.3, -0.25) is 4.79 Å². The Morgan fingerprint density at radius 2 is 1.76 bits per heavy atom. The zero-order valence-electron chi connectivity index (χ0n) is 18.3. The number of aryl methyl sites for hydroxylation is 2. The molecule has 4 aromatic rings. The van der Waals surface area contributed by atoms with Crippen LogP contribution in [0.4, 0.5) is 10.2 Å². The number of carbonyl (C=O) groups excluding carboxylic acids is 1. The standard InChI is InChI=1S/C28H22FN3O2/c29-21-10-6-19(7-11-21)16-26(34)32-28-25(14-8-18-4-2-1-3-5-18)30-27-23-13-12-22(33)17-20(23)9-15-24(27)31-28/h1-8,10-14,17,33H,9,15-16H2,(H,31,32,34)/b14-8+. The number of hydrogen-bond donors (Lipinski definition) is 2. The summed E-state index contributed by atoms with van der Waals surface area (Å²) in [6.07, 6.45) is 5.25. The Labute approximate surface area is 196 Å². The largest absolute Gasteiger partial charge is 0.508 e. The molecular weight excluding hydrogens is 429 g/mol. The lowest BCUT2D eigenvalue weighted by atomic mass is 9.91. The molecule has 0 spiro atoms. The van der Waals surface area contributed by atoms with E-state index in [1.807, 2.05) is 48.6 Å². The minimum absolute atomic E-state index is 0.100. The van der Waals surface area contributed by atoms with Crippen LogP contribution in [-0.2, 0) is 24.1 Å². The zero-order valence-corrected chi connectivity index (χ0v) is 18.3. The monoisotopic (exact) mass is 451 g/mol. The number of benzene rings is 3. The Bertz CT molecular complexity index is 1380. The fourth-order valence-corrected chi connectivity index (χ4v) is 4.06. The van der Waals surface area contributed by atoms with Crippen LogP contribution in [0.25, 0.3) is 23.4 Å². The van der Waals surface area contributed by atoms with Crippen molar-refractivity contribution in [1.82, 2.24) is 9.97 Å². The summed E-state index contributed by atoms with van der Waals surface area (Å²) in [6, 6.07) is 20.9. The van der Waals surface area contributed by atoms with E-state index in [-0.39, 0.29) is 23.9 Å². The maximum absolute atomic E-state index is 13.2. The van der Waals surface area contributed by atoms with Crippen molar-refractivity contribution >= 4 is 23.9 Å². The summed E-state index contributed by atoms with van der Waals surface area (Å²) in [5, 5.41) is 12.8. The summed E-state index contributed by atoms with van der Waals surface area (Å²) in [6.45, 7) is 0. The van der Waals surface area contributed by atoms with Gasteiger partial charge in [-0.15, -0.1) is 0 Å². The van der Waals surface area contributed by atoms with Crippen molar-refractivity contribution < 1.29 is 14.3 Å². The molecule has 0 radical (unpaired) electrons.